The lowest BCUT2D eigenvalue weighted by Gasteiger charge is -2.12. The predicted molar refractivity (Wildman–Crippen MR) is 124 cm³/mol. The van der Waals surface area contributed by atoms with Crippen molar-refractivity contribution in [3.05, 3.63) is 58.5 Å². The van der Waals surface area contributed by atoms with E-state index < -0.39 is 23.8 Å². The van der Waals surface area contributed by atoms with E-state index >= 15 is 0 Å². The topological polar surface area (TPSA) is 92.8 Å². The first-order valence-electron chi connectivity index (χ1n) is 9.90. The normalized spacial score (nSPS) is 12.3. The van der Waals surface area contributed by atoms with Crippen LogP contribution in [0, 0.1) is 13.8 Å². The maximum Gasteiger partial charge on any atom is 0.242 e. The van der Waals surface area contributed by atoms with E-state index in [1.165, 1.54) is 7.11 Å². The van der Waals surface area contributed by atoms with Crippen LogP contribution < -0.4 is 9.46 Å². The van der Waals surface area contributed by atoms with Crippen LogP contribution in [0.25, 0.3) is 22.2 Å². The average Bonchev–Trinajstić information content (AvgIpc) is 3.19. The fraction of sp³-hybridized carbons (Fsp3) is 0.227. The van der Waals surface area contributed by atoms with E-state index in [9.17, 15) is 13.0 Å². The van der Waals surface area contributed by atoms with Gasteiger partial charge in [-0.15, -0.1) is 0 Å². The molecular weight excluding hydrogens is 472 g/mol. The van der Waals surface area contributed by atoms with Crippen LogP contribution in [0.3, 0.4) is 0 Å². The number of H-pyrrole nitrogens is 1. The van der Waals surface area contributed by atoms with Crippen molar-refractivity contribution in [1.82, 2.24) is 19.9 Å². The Labute approximate surface area is 196 Å². The zero-order chi connectivity index (χ0) is 23.7. The summed E-state index contributed by atoms with van der Waals surface area (Å²) in [5.74, 6) is 0.0189. The number of aromatic nitrogens is 4. The van der Waals surface area contributed by atoms with Gasteiger partial charge in [0.15, 0.2) is 11.0 Å². The molecule has 1 aromatic carbocycles. The Kier molecular flexibility index (Phi) is 6.57. The second kappa shape index (κ2) is 9.40. The number of benzene rings is 1. The molecule has 0 spiro atoms. The molecule has 4 aromatic rings. The molecule has 0 amide bonds. The highest BCUT2D eigenvalue weighted by molar-refractivity contribution is 7.86. The highest BCUT2D eigenvalue weighted by Gasteiger charge is 2.20. The average molecular weight is 492 g/mol. The molecule has 0 saturated carbocycles. The minimum absolute atomic E-state index is 0.00425. The third-order valence-electron chi connectivity index (χ3n) is 5.02. The minimum atomic E-state index is -2.57. The summed E-state index contributed by atoms with van der Waals surface area (Å²) in [6, 6.07) is 9.12. The largest absolute Gasteiger partial charge is 0.481 e. The van der Waals surface area contributed by atoms with Gasteiger partial charge in [-0.3, -0.25) is 9.71 Å². The van der Waals surface area contributed by atoms with Crippen molar-refractivity contribution < 1.29 is 17.7 Å². The van der Waals surface area contributed by atoms with Gasteiger partial charge in [0.05, 0.1) is 33.9 Å². The second-order valence-electron chi connectivity index (χ2n) is 7.25. The molecule has 11 heteroatoms. The molecule has 0 aliphatic rings. The number of hydrogen-bond acceptors (Lipinski definition) is 5. The van der Waals surface area contributed by atoms with Crippen molar-refractivity contribution in [2.75, 3.05) is 11.8 Å². The monoisotopic (exact) mass is 491 g/mol. The van der Waals surface area contributed by atoms with Crippen LogP contribution in [0.4, 0.5) is 14.7 Å². The number of pyridine rings is 1. The van der Waals surface area contributed by atoms with Crippen molar-refractivity contribution in [3.63, 3.8) is 0 Å². The summed E-state index contributed by atoms with van der Waals surface area (Å²) in [5.41, 5.74) is 3.45. The maximum absolute atomic E-state index is 13.1. The summed E-state index contributed by atoms with van der Waals surface area (Å²) in [6.07, 6.45) is -1.49. The zero-order valence-corrected chi connectivity index (χ0v) is 19.5. The van der Waals surface area contributed by atoms with Gasteiger partial charge in [0, 0.05) is 34.8 Å². The number of alkyl halides is 2. The lowest BCUT2D eigenvalue weighted by atomic mass is 10.1. The Balaban J connectivity index is 1.70. The van der Waals surface area contributed by atoms with Crippen LogP contribution >= 0.6 is 11.6 Å². The molecule has 172 valence electrons. The molecule has 0 fully saturated rings. The van der Waals surface area contributed by atoms with Crippen molar-refractivity contribution in [3.8, 4) is 17.1 Å². The molecule has 33 heavy (non-hydrogen) atoms. The van der Waals surface area contributed by atoms with E-state index in [1.807, 2.05) is 25.1 Å². The number of ether oxygens (including phenoxy) is 1. The maximum atomic E-state index is 13.1. The fourth-order valence-electron chi connectivity index (χ4n) is 3.55. The molecule has 0 aliphatic heterocycles. The number of hydrogen-bond donors (Lipinski definition) is 2. The summed E-state index contributed by atoms with van der Waals surface area (Å²) < 4.78 is 46.8. The van der Waals surface area contributed by atoms with E-state index in [-0.39, 0.29) is 17.4 Å². The number of nitrogens with one attached hydrogen (secondary N) is 2. The van der Waals surface area contributed by atoms with Gasteiger partial charge in [-0.25, -0.2) is 18.0 Å². The number of aryl methyl sites for hydroxylation is 2. The summed E-state index contributed by atoms with van der Waals surface area (Å²) in [4.78, 5) is 16.4. The van der Waals surface area contributed by atoms with Gasteiger partial charge in [-0.2, -0.15) is 4.98 Å². The number of nitrogens with zero attached hydrogens (tertiary/aromatic N) is 3. The quantitative estimate of drug-likeness (QED) is 0.369. The van der Waals surface area contributed by atoms with Crippen LogP contribution in [0.1, 0.15) is 17.0 Å². The molecular formula is C22H20ClF2N5O2S. The van der Waals surface area contributed by atoms with Crippen LogP contribution in [-0.4, -0.2) is 37.7 Å². The summed E-state index contributed by atoms with van der Waals surface area (Å²) in [5, 5.41) is 1.19. The second-order valence-corrected chi connectivity index (χ2v) is 8.84. The van der Waals surface area contributed by atoms with Crippen LogP contribution in [0.5, 0.6) is 5.88 Å². The van der Waals surface area contributed by atoms with Gasteiger partial charge < -0.3 is 9.72 Å². The molecule has 0 bridgehead atoms. The summed E-state index contributed by atoms with van der Waals surface area (Å²) in [7, 11) is -0.428. The third-order valence-corrected chi connectivity index (χ3v) is 6.44. The molecule has 0 aliphatic carbocycles. The molecule has 1 atom stereocenters. The van der Waals surface area contributed by atoms with Crippen molar-refractivity contribution in [1.29, 1.82) is 0 Å². The smallest absolute Gasteiger partial charge is 0.242 e. The predicted octanol–water partition coefficient (Wildman–Crippen LogP) is 5.24. The van der Waals surface area contributed by atoms with E-state index in [0.29, 0.717) is 37.8 Å². The van der Waals surface area contributed by atoms with Gasteiger partial charge in [0.2, 0.25) is 18.3 Å². The molecule has 3 aromatic heterocycles. The molecule has 2 N–H and O–H groups in total. The van der Waals surface area contributed by atoms with Gasteiger partial charge in [0.1, 0.15) is 0 Å². The van der Waals surface area contributed by atoms with Gasteiger partial charge in [-0.1, -0.05) is 23.7 Å². The molecule has 4 rings (SSSR count). The Morgan fingerprint density at radius 2 is 1.97 bits per heavy atom. The van der Waals surface area contributed by atoms with Crippen LogP contribution in [0.2, 0.25) is 5.02 Å². The number of rotatable bonds is 7. The molecule has 0 radical (unpaired) electrons. The highest BCUT2D eigenvalue weighted by Crippen LogP contribution is 2.36. The van der Waals surface area contributed by atoms with Crippen molar-refractivity contribution >= 4 is 39.4 Å². The van der Waals surface area contributed by atoms with Gasteiger partial charge >= 0.3 is 0 Å². The molecule has 1 unspecified atom stereocenters. The van der Waals surface area contributed by atoms with E-state index in [1.54, 1.807) is 25.3 Å². The number of methoxy groups -OCH3 is 1. The Bertz CT molecular complexity index is 1360. The number of halogens is 3. The van der Waals surface area contributed by atoms with E-state index in [2.05, 4.69) is 24.7 Å². The zero-order valence-electron chi connectivity index (χ0n) is 17.9. The van der Waals surface area contributed by atoms with Crippen LogP contribution in [-0.2, 0) is 17.4 Å². The van der Waals surface area contributed by atoms with Crippen LogP contribution in [0.15, 0.2) is 41.4 Å². The Morgan fingerprint density at radius 1 is 1.18 bits per heavy atom. The number of fused-ring (bicyclic) bond motifs is 1. The van der Waals surface area contributed by atoms with Gasteiger partial charge in [-0.05, 0) is 32.0 Å². The SMILES string of the molecule is COc1nc(NS(=O)c2c[nH]c3c(-c4cccc(C)n4)c(Cl)ccc23)nc(C)c1CC(F)F. The van der Waals surface area contributed by atoms with Gasteiger partial charge in [0.25, 0.3) is 0 Å². The third kappa shape index (κ3) is 4.67. The first-order chi connectivity index (χ1) is 15.8. The van der Waals surface area contributed by atoms with E-state index in [0.717, 1.165) is 5.69 Å². The molecule has 7 nitrogen and oxygen atoms in total. The lowest BCUT2D eigenvalue weighted by molar-refractivity contribution is 0.147. The summed E-state index contributed by atoms with van der Waals surface area (Å²) in [6.45, 7) is 3.46. The first kappa shape index (κ1) is 23.1. The highest BCUT2D eigenvalue weighted by atomic mass is 35.5. The van der Waals surface area contributed by atoms with Crippen molar-refractivity contribution in [2.24, 2.45) is 0 Å². The first-order valence-corrected chi connectivity index (χ1v) is 11.4. The standard InChI is InChI=1S/C22H20ClF2N5O2S/c1-11-5-4-6-16(27-11)19-15(23)8-7-13-17(10-26-20(13)19)33(31)30-22-28-12(2)14(9-18(24)25)21(29-22)32-3/h4-8,10,18,26H,9H2,1-3H3,(H,28,29,30). The van der Waals surface area contributed by atoms with Crippen molar-refractivity contribution in [2.45, 2.75) is 31.6 Å². The Morgan fingerprint density at radius 3 is 2.67 bits per heavy atom. The Hall–Kier alpha value is -3.11. The summed E-state index contributed by atoms with van der Waals surface area (Å²) >= 11 is 6.47. The molecule has 3 heterocycles. The lowest BCUT2D eigenvalue weighted by Crippen LogP contribution is -2.12. The van der Waals surface area contributed by atoms with E-state index in [4.69, 9.17) is 16.3 Å². The number of aromatic amines is 1. The molecule has 0 saturated heterocycles. The number of anilines is 1. The minimum Gasteiger partial charge on any atom is -0.481 e. The fourth-order valence-corrected chi connectivity index (χ4v) is 4.70.